The third-order valence-corrected chi connectivity index (χ3v) is 6.47. The molecule has 0 atom stereocenters. The number of pyridine rings is 1. The van der Waals surface area contributed by atoms with Crippen LogP contribution in [0.3, 0.4) is 0 Å². The summed E-state index contributed by atoms with van der Waals surface area (Å²) in [5, 5.41) is 13.5. The number of furan rings is 1. The van der Waals surface area contributed by atoms with Gasteiger partial charge in [-0.15, -0.1) is 0 Å². The van der Waals surface area contributed by atoms with Crippen LogP contribution < -0.4 is 5.32 Å². The van der Waals surface area contributed by atoms with E-state index in [4.69, 9.17) is 14.4 Å². The van der Waals surface area contributed by atoms with Gasteiger partial charge in [-0.05, 0) is 66.3 Å². The van der Waals surface area contributed by atoms with Crippen molar-refractivity contribution in [3.63, 3.8) is 0 Å². The first kappa shape index (κ1) is 16.9. The summed E-state index contributed by atoms with van der Waals surface area (Å²) in [6.07, 6.45) is 9.09. The molecular weight excluding hydrogens is 382 g/mol. The van der Waals surface area contributed by atoms with Crippen LogP contribution in [0.25, 0.3) is 11.0 Å². The van der Waals surface area contributed by atoms with Gasteiger partial charge in [0.05, 0.1) is 10.7 Å². The lowest BCUT2D eigenvalue weighted by atomic mass is 9.75. The summed E-state index contributed by atoms with van der Waals surface area (Å²) in [6.45, 7) is 1.88. The molecular formula is C19H22BrN3O2. The molecule has 0 bridgehead atoms. The number of ether oxygens (including phenoxy) is 1. The fourth-order valence-electron chi connectivity index (χ4n) is 4.25. The maximum Gasteiger partial charge on any atom is 0.204 e. The molecule has 0 spiro atoms. The van der Waals surface area contributed by atoms with Crippen molar-refractivity contribution in [1.82, 2.24) is 4.98 Å². The zero-order chi connectivity index (χ0) is 17.2. The first-order chi connectivity index (χ1) is 12.2. The van der Waals surface area contributed by atoms with Crippen LogP contribution in [-0.4, -0.2) is 24.2 Å². The highest BCUT2D eigenvalue weighted by Gasteiger charge is 2.29. The molecule has 0 radical (unpaired) electrons. The van der Waals surface area contributed by atoms with Gasteiger partial charge in [-0.25, -0.2) is 4.98 Å². The van der Waals surface area contributed by atoms with E-state index in [-0.39, 0.29) is 0 Å². The van der Waals surface area contributed by atoms with Crippen LogP contribution in [0.1, 0.15) is 44.3 Å². The molecule has 1 aliphatic carbocycles. The number of nitriles is 1. The van der Waals surface area contributed by atoms with Gasteiger partial charge in [0, 0.05) is 30.7 Å². The summed E-state index contributed by atoms with van der Waals surface area (Å²) in [5.41, 5.74) is 0.636. The first-order valence-electron chi connectivity index (χ1n) is 9.07. The number of hydrogen-bond donors (Lipinski definition) is 1. The molecule has 0 unspecified atom stereocenters. The molecule has 2 aromatic rings. The van der Waals surface area contributed by atoms with Crippen LogP contribution in [0.2, 0.25) is 0 Å². The first-order valence-corrected chi connectivity index (χ1v) is 9.86. The van der Waals surface area contributed by atoms with Gasteiger partial charge in [-0.1, -0.05) is 0 Å². The van der Waals surface area contributed by atoms with Crippen molar-refractivity contribution >= 4 is 32.7 Å². The largest absolute Gasteiger partial charge is 0.444 e. The minimum Gasteiger partial charge on any atom is -0.444 e. The molecule has 132 valence electrons. The number of aromatic nitrogens is 1. The molecule has 4 rings (SSSR count). The van der Waals surface area contributed by atoms with Gasteiger partial charge in [0.2, 0.25) is 5.76 Å². The Balaban J connectivity index is 1.40. The summed E-state index contributed by atoms with van der Waals surface area (Å²) in [5.74, 6) is 2.86. The molecule has 3 heterocycles. The Labute approximate surface area is 155 Å². The lowest BCUT2D eigenvalue weighted by Gasteiger charge is -2.36. The zero-order valence-corrected chi connectivity index (χ0v) is 15.7. The Hall–Kier alpha value is -1.58. The topological polar surface area (TPSA) is 71.1 Å². The second kappa shape index (κ2) is 7.35. The fraction of sp³-hybridized carbons (Fsp3) is 0.579. The van der Waals surface area contributed by atoms with Crippen LogP contribution in [0.4, 0.5) is 5.82 Å². The third kappa shape index (κ3) is 3.54. The van der Waals surface area contributed by atoms with Crippen LogP contribution in [-0.2, 0) is 4.74 Å². The van der Waals surface area contributed by atoms with Crippen LogP contribution in [0.15, 0.2) is 21.2 Å². The highest BCUT2D eigenvalue weighted by molar-refractivity contribution is 9.10. The lowest BCUT2D eigenvalue weighted by Crippen LogP contribution is -2.31. The number of nitrogens with zero attached hydrogens (tertiary/aromatic N) is 2. The van der Waals surface area contributed by atoms with E-state index in [0.717, 1.165) is 40.7 Å². The number of rotatable bonds is 3. The molecule has 25 heavy (non-hydrogen) atoms. The van der Waals surface area contributed by atoms with Crippen molar-refractivity contribution in [1.29, 1.82) is 5.26 Å². The van der Waals surface area contributed by atoms with E-state index in [1.54, 1.807) is 12.3 Å². The average Bonchev–Trinajstić information content (AvgIpc) is 3.10. The fourth-order valence-corrected chi connectivity index (χ4v) is 4.78. The van der Waals surface area contributed by atoms with Crippen molar-refractivity contribution in [2.24, 2.45) is 11.8 Å². The maximum absolute atomic E-state index is 8.99. The van der Waals surface area contributed by atoms with Crippen LogP contribution >= 0.6 is 15.9 Å². The molecule has 2 aliphatic rings. The van der Waals surface area contributed by atoms with E-state index in [9.17, 15) is 0 Å². The summed E-state index contributed by atoms with van der Waals surface area (Å²) in [4.78, 5) is 4.48. The van der Waals surface area contributed by atoms with Gasteiger partial charge in [-0.3, -0.25) is 0 Å². The van der Waals surface area contributed by atoms with Gasteiger partial charge in [0.25, 0.3) is 0 Å². The zero-order valence-electron chi connectivity index (χ0n) is 14.1. The molecule has 0 aromatic carbocycles. The summed E-state index contributed by atoms with van der Waals surface area (Å²) in [6, 6.07) is 4.25. The van der Waals surface area contributed by atoms with E-state index in [1.165, 1.54) is 38.5 Å². The Kier molecular flexibility index (Phi) is 4.96. The molecule has 5 nitrogen and oxygen atoms in total. The summed E-state index contributed by atoms with van der Waals surface area (Å²) in [7, 11) is 0. The molecule has 1 saturated carbocycles. The van der Waals surface area contributed by atoms with Gasteiger partial charge in [0.15, 0.2) is 5.58 Å². The normalized spacial score (nSPS) is 25.0. The summed E-state index contributed by atoms with van der Waals surface area (Å²) < 4.78 is 11.8. The number of fused-ring (bicyclic) bond motifs is 1. The van der Waals surface area contributed by atoms with Crippen molar-refractivity contribution in [3.8, 4) is 6.07 Å². The maximum atomic E-state index is 8.99. The molecule has 1 aliphatic heterocycles. The van der Waals surface area contributed by atoms with E-state index in [0.29, 0.717) is 17.4 Å². The molecule has 1 N–H and O–H groups in total. The third-order valence-electron chi connectivity index (χ3n) is 5.67. The Morgan fingerprint density at radius 3 is 2.56 bits per heavy atom. The number of hydrogen-bond acceptors (Lipinski definition) is 5. The van der Waals surface area contributed by atoms with E-state index in [1.807, 2.05) is 6.07 Å². The predicted molar refractivity (Wildman–Crippen MR) is 99.3 cm³/mol. The summed E-state index contributed by atoms with van der Waals surface area (Å²) >= 11 is 3.62. The predicted octanol–water partition coefficient (Wildman–Crippen LogP) is 4.86. The van der Waals surface area contributed by atoms with Gasteiger partial charge < -0.3 is 14.5 Å². The van der Waals surface area contributed by atoms with Crippen molar-refractivity contribution < 1.29 is 9.15 Å². The molecule has 2 fully saturated rings. The van der Waals surface area contributed by atoms with E-state index < -0.39 is 0 Å². The van der Waals surface area contributed by atoms with Crippen LogP contribution in [0, 0.1) is 23.2 Å². The van der Waals surface area contributed by atoms with Crippen molar-refractivity contribution in [2.45, 2.75) is 44.6 Å². The Morgan fingerprint density at radius 2 is 1.84 bits per heavy atom. The molecule has 6 heteroatoms. The standard InChI is InChI=1S/C19H22BrN3O2/c20-18-16-9-15(10-21)25-17(16)11-22-19(18)23-14-3-1-12(2-4-14)13-5-7-24-8-6-13/h9,11-14H,1-8H2,(H,22,23). The average molecular weight is 404 g/mol. The smallest absolute Gasteiger partial charge is 0.204 e. The van der Waals surface area contributed by atoms with Gasteiger partial charge >= 0.3 is 0 Å². The second-order valence-electron chi connectivity index (χ2n) is 7.13. The van der Waals surface area contributed by atoms with Crippen molar-refractivity contribution in [3.05, 3.63) is 22.5 Å². The number of anilines is 1. The van der Waals surface area contributed by atoms with Gasteiger partial charge in [0.1, 0.15) is 11.9 Å². The minimum absolute atomic E-state index is 0.312. The van der Waals surface area contributed by atoms with E-state index >= 15 is 0 Å². The minimum atomic E-state index is 0.312. The highest BCUT2D eigenvalue weighted by atomic mass is 79.9. The second-order valence-corrected chi connectivity index (χ2v) is 7.92. The highest BCUT2D eigenvalue weighted by Crippen LogP contribution is 2.37. The Bertz CT molecular complexity index is 784. The number of halogens is 1. The van der Waals surface area contributed by atoms with Gasteiger partial charge in [-0.2, -0.15) is 5.26 Å². The monoisotopic (exact) mass is 403 g/mol. The SMILES string of the molecule is N#Cc1cc2c(Br)c(NC3CCC(C4CCOCC4)CC3)ncc2o1. The lowest BCUT2D eigenvalue weighted by molar-refractivity contribution is 0.0384. The van der Waals surface area contributed by atoms with Crippen LogP contribution in [0.5, 0.6) is 0 Å². The molecule has 2 aromatic heterocycles. The van der Waals surface area contributed by atoms with E-state index in [2.05, 4.69) is 26.2 Å². The molecule has 0 amide bonds. The Morgan fingerprint density at radius 1 is 1.12 bits per heavy atom. The number of nitrogens with one attached hydrogen (secondary N) is 1. The molecule has 1 saturated heterocycles. The van der Waals surface area contributed by atoms with Crippen molar-refractivity contribution in [2.75, 3.05) is 18.5 Å². The quantitative estimate of drug-likeness (QED) is 0.791.